The first-order valence-electron chi connectivity index (χ1n) is 17.6. The lowest BCUT2D eigenvalue weighted by Crippen LogP contribution is -2.65. The summed E-state index contributed by atoms with van der Waals surface area (Å²) in [4.78, 5) is 26.6. The van der Waals surface area contributed by atoms with E-state index in [4.69, 9.17) is 37.6 Å². The maximum absolute atomic E-state index is 14.0. The third-order valence-electron chi connectivity index (χ3n) is 9.48. The predicted octanol–water partition coefficient (Wildman–Crippen LogP) is -0.728. The molecule has 2 saturated heterocycles. The van der Waals surface area contributed by atoms with Crippen LogP contribution in [0.3, 0.4) is 0 Å². The minimum Gasteiger partial charge on any atom is -0.508 e. The van der Waals surface area contributed by atoms with Gasteiger partial charge in [-0.3, -0.25) is 4.79 Å². The third kappa shape index (κ3) is 8.64. The average Bonchev–Trinajstić information content (AvgIpc) is 3.21. The fraction of sp³-hybridized carbons (Fsp3) is 0.368. The van der Waals surface area contributed by atoms with Gasteiger partial charge in [0.25, 0.3) is 0 Å². The van der Waals surface area contributed by atoms with E-state index in [1.54, 1.807) is 0 Å². The molecule has 21 nitrogen and oxygen atoms in total. The maximum atomic E-state index is 14.0. The zero-order chi connectivity index (χ0) is 42.9. The van der Waals surface area contributed by atoms with E-state index in [1.165, 1.54) is 38.5 Å². The number of phenols is 5. The van der Waals surface area contributed by atoms with Crippen molar-refractivity contribution in [2.75, 3.05) is 27.4 Å². The van der Waals surface area contributed by atoms with Crippen LogP contribution < -0.4 is 19.6 Å². The number of hydrogen-bond acceptors (Lipinski definition) is 21. The number of phenolic OH excluding ortho intramolecular Hbond substituents is 5. The molecule has 1 aromatic heterocycles. The number of fused-ring (bicyclic) bond motifs is 1. The molecule has 6 rings (SSSR count). The smallest absolute Gasteiger partial charge is 0.330 e. The number of benzene rings is 3. The van der Waals surface area contributed by atoms with Gasteiger partial charge in [0.15, 0.2) is 41.2 Å². The highest BCUT2D eigenvalue weighted by molar-refractivity contribution is 5.89. The summed E-state index contributed by atoms with van der Waals surface area (Å²) in [7, 11) is 2.62. The molecule has 0 radical (unpaired) electrons. The van der Waals surface area contributed by atoms with Gasteiger partial charge in [-0.15, -0.1) is 0 Å². The lowest BCUT2D eigenvalue weighted by molar-refractivity contribution is -0.358. The molecule has 3 heterocycles. The first kappa shape index (κ1) is 42.7. The van der Waals surface area contributed by atoms with Gasteiger partial charge in [-0.25, -0.2) is 4.79 Å². The van der Waals surface area contributed by atoms with Crippen molar-refractivity contribution in [2.24, 2.45) is 0 Å². The van der Waals surface area contributed by atoms with Gasteiger partial charge in [0.05, 0.1) is 20.8 Å². The average molecular weight is 833 g/mol. The van der Waals surface area contributed by atoms with Crippen LogP contribution in [0, 0.1) is 0 Å². The molecule has 0 aliphatic carbocycles. The molecule has 2 aliphatic rings. The number of esters is 1. The van der Waals surface area contributed by atoms with Gasteiger partial charge in [0.1, 0.15) is 71.8 Å². The van der Waals surface area contributed by atoms with E-state index in [-0.39, 0.29) is 28.4 Å². The molecule has 21 heteroatoms. The van der Waals surface area contributed by atoms with Crippen molar-refractivity contribution in [2.45, 2.75) is 61.4 Å². The number of carbonyl (C=O) groups is 1. The Hall–Kier alpha value is -5.88. The van der Waals surface area contributed by atoms with Crippen LogP contribution in [0.15, 0.2) is 57.8 Å². The summed E-state index contributed by atoms with van der Waals surface area (Å²) < 4.78 is 44.2. The molecule has 4 aromatic rings. The van der Waals surface area contributed by atoms with Crippen molar-refractivity contribution in [1.29, 1.82) is 0 Å². The van der Waals surface area contributed by atoms with Gasteiger partial charge in [0, 0.05) is 23.8 Å². The zero-order valence-electron chi connectivity index (χ0n) is 30.9. The first-order chi connectivity index (χ1) is 28.1. The molecule has 59 heavy (non-hydrogen) atoms. The molecule has 318 valence electrons. The van der Waals surface area contributed by atoms with Gasteiger partial charge in [-0.05, 0) is 42.0 Å². The van der Waals surface area contributed by atoms with E-state index in [0.717, 1.165) is 30.3 Å². The zero-order valence-corrected chi connectivity index (χ0v) is 30.9. The maximum Gasteiger partial charge on any atom is 0.330 e. The summed E-state index contributed by atoms with van der Waals surface area (Å²) in [6.07, 6.45) is -16.9. The minimum atomic E-state index is -2.08. The molecule has 10 atom stereocenters. The quantitative estimate of drug-likeness (QED) is 0.0476. The molecule has 2 aliphatic heterocycles. The largest absolute Gasteiger partial charge is 0.508 e. The number of hydrogen-bond donors (Lipinski definition) is 11. The van der Waals surface area contributed by atoms with Crippen LogP contribution in [-0.2, 0) is 23.7 Å². The van der Waals surface area contributed by atoms with Gasteiger partial charge in [0.2, 0.25) is 23.2 Å². The molecular weight excluding hydrogens is 792 g/mol. The van der Waals surface area contributed by atoms with Crippen molar-refractivity contribution >= 4 is 23.0 Å². The highest BCUT2D eigenvalue weighted by Crippen LogP contribution is 2.41. The third-order valence-corrected chi connectivity index (χ3v) is 9.48. The van der Waals surface area contributed by atoms with Crippen LogP contribution in [0.4, 0.5) is 0 Å². The number of aliphatic hydroxyl groups excluding tert-OH is 6. The fourth-order valence-electron chi connectivity index (χ4n) is 6.35. The monoisotopic (exact) mass is 832 g/mol. The van der Waals surface area contributed by atoms with E-state index in [2.05, 4.69) is 0 Å². The highest BCUT2D eigenvalue weighted by atomic mass is 16.8. The fourth-order valence-corrected chi connectivity index (χ4v) is 6.35. The Kier molecular flexibility index (Phi) is 12.7. The van der Waals surface area contributed by atoms with Crippen molar-refractivity contribution in [3.8, 4) is 57.3 Å². The molecular formula is C38H40O21. The van der Waals surface area contributed by atoms with Crippen molar-refractivity contribution < 1.29 is 98.5 Å². The molecule has 11 N–H and O–H groups in total. The summed E-state index contributed by atoms with van der Waals surface area (Å²) in [6, 6.07) is 7.83. The van der Waals surface area contributed by atoms with Gasteiger partial charge in [-0.2, -0.15) is 0 Å². The Morgan fingerprint density at radius 2 is 1.42 bits per heavy atom. The van der Waals surface area contributed by atoms with E-state index in [0.29, 0.717) is 5.56 Å². The summed E-state index contributed by atoms with van der Waals surface area (Å²) >= 11 is 0. The lowest BCUT2D eigenvalue weighted by Gasteiger charge is -2.45. The molecule has 3 aromatic carbocycles. The Labute approximate surface area is 331 Å². The number of aliphatic hydroxyl groups is 6. The summed E-state index contributed by atoms with van der Waals surface area (Å²) in [5.41, 5.74) is -1.22. The second kappa shape index (κ2) is 17.5. The molecule has 0 spiro atoms. The van der Waals surface area contributed by atoms with Crippen LogP contribution in [0.1, 0.15) is 5.56 Å². The van der Waals surface area contributed by atoms with Crippen molar-refractivity contribution in [1.82, 2.24) is 0 Å². The molecule has 2 fully saturated rings. The summed E-state index contributed by atoms with van der Waals surface area (Å²) in [5, 5.41) is 115. The predicted molar refractivity (Wildman–Crippen MR) is 196 cm³/mol. The minimum absolute atomic E-state index is 0.0504. The molecule has 0 bridgehead atoms. The number of rotatable bonds is 12. The van der Waals surface area contributed by atoms with E-state index in [9.17, 15) is 65.8 Å². The molecule has 0 unspecified atom stereocenters. The topological polar surface area (TPSA) is 334 Å². The number of methoxy groups -OCH3 is 2. The number of aromatic hydroxyl groups is 5. The van der Waals surface area contributed by atoms with Gasteiger partial charge < -0.3 is 93.7 Å². The number of ether oxygens (including phenoxy) is 7. The van der Waals surface area contributed by atoms with E-state index < -0.39 is 126 Å². The van der Waals surface area contributed by atoms with Gasteiger partial charge >= 0.3 is 5.97 Å². The van der Waals surface area contributed by atoms with Crippen molar-refractivity contribution in [3.05, 3.63) is 64.3 Å². The Bertz CT molecular complexity index is 2230. The summed E-state index contributed by atoms with van der Waals surface area (Å²) in [6.45, 7) is -1.66. The molecule has 0 amide bonds. The normalized spacial score (nSPS) is 27.1. The standard InChI is InChI=1S/C38H40O21/c1-52-21-7-14(8-22(53-2)27(21)45)3-6-25(44)54-13-24-29(47)31(49)33(51)37(57-24)59-36-32(50)28(46)23(12-39)56-38(36)58-35-30(48)26-19(43)10-16(40)11-20(26)55-34(35)15-4-5-17(41)18(42)9-15/h3-11,23-24,28-29,31-33,36-43,45-47,49-51H,12-13H2,1-2H3/t23-,24-,28+,29-,31+,32+,33-,36-,37+,38+/m1/s1. The van der Waals surface area contributed by atoms with Crippen molar-refractivity contribution in [3.63, 3.8) is 0 Å². The Morgan fingerprint density at radius 3 is 2.07 bits per heavy atom. The van der Waals surface area contributed by atoms with E-state index >= 15 is 0 Å². The highest BCUT2D eigenvalue weighted by Gasteiger charge is 2.52. The van der Waals surface area contributed by atoms with Crippen LogP contribution in [0.5, 0.6) is 46.0 Å². The molecule has 0 saturated carbocycles. The van der Waals surface area contributed by atoms with Crippen LogP contribution in [0.2, 0.25) is 0 Å². The lowest BCUT2D eigenvalue weighted by atomic mass is 9.97. The Balaban J connectivity index is 1.28. The van der Waals surface area contributed by atoms with Gasteiger partial charge in [-0.1, -0.05) is 0 Å². The van der Waals surface area contributed by atoms with E-state index in [1.807, 2.05) is 0 Å². The Morgan fingerprint density at radius 1 is 0.763 bits per heavy atom. The summed E-state index contributed by atoms with van der Waals surface area (Å²) in [5.74, 6) is -4.89. The van der Waals surface area contributed by atoms with Crippen LogP contribution >= 0.6 is 0 Å². The van der Waals surface area contributed by atoms with Crippen LogP contribution in [0.25, 0.3) is 28.4 Å². The second-order valence-electron chi connectivity index (χ2n) is 13.3. The van der Waals surface area contributed by atoms with Crippen LogP contribution in [-0.4, -0.2) is 151 Å². The second-order valence-corrected chi connectivity index (χ2v) is 13.3. The first-order valence-corrected chi connectivity index (χ1v) is 17.6. The number of carbonyl (C=O) groups excluding carboxylic acids is 1. The SMILES string of the molecule is COc1cc(C=CC(=O)OC[C@H]2O[C@@H](O[C@H]3[C@H](Oc4c(-c5ccc(O)c(O)c5)oc5cc(O)cc(O)c5c4=O)O[C@H](CO)[C@H](O)[C@@H]3O)[C@H](O)[C@@H](O)[C@@H]2O)cc(OC)c1O.